The van der Waals surface area contributed by atoms with E-state index in [1.807, 2.05) is 36.1 Å². The number of carbonyl (C=O) groups is 1. The van der Waals surface area contributed by atoms with E-state index in [0.717, 1.165) is 11.1 Å². The minimum Gasteiger partial charge on any atom is -0.365 e. The number of aryl methyl sites for hydroxylation is 1. The molecule has 1 aliphatic rings. The fourth-order valence-electron chi connectivity index (χ4n) is 2.85. The largest absolute Gasteiger partial charge is 0.365 e. The van der Waals surface area contributed by atoms with Gasteiger partial charge in [0.25, 0.3) is 0 Å². The third-order valence-electron chi connectivity index (χ3n) is 3.94. The summed E-state index contributed by atoms with van der Waals surface area (Å²) in [4.78, 5) is 14.0. The molecule has 0 spiro atoms. The van der Waals surface area contributed by atoms with Crippen molar-refractivity contribution in [2.75, 3.05) is 20.1 Å². The van der Waals surface area contributed by atoms with Crippen LogP contribution in [0.15, 0.2) is 28.6 Å². The topological polar surface area (TPSA) is 90.9 Å². The Labute approximate surface area is 148 Å². The molecule has 0 aromatic heterocycles. The second-order valence-electron chi connectivity index (χ2n) is 5.63. The molecule has 130 valence electrons. The van der Waals surface area contributed by atoms with Crippen LogP contribution in [0, 0.1) is 6.92 Å². The van der Waals surface area contributed by atoms with E-state index in [4.69, 9.17) is 12.2 Å². The van der Waals surface area contributed by atoms with Gasteiger partial charge in [0.15, 0.2) is 5.11 Å². The molecule has 1 heterocycles. The van der Waals surface area contributed by atoms with E-state index in [2.05, 4.69) is 15.0 Å². The molecule has 1 aliphatic heterocycles. The van der Waals surface area contributed by atoms with E-state index >= 15 is 0 Å². The highest BCUT2D eigenvalue weighted by Gasteiger charge is 2.36. The quantitative estimate of drug-likeness (QED) is 0.764. The van der Waals surface area contributed by atoms with Crippen molar-refractivity contribution in [2.45, 2.75) is 25.4 Å². The van der Waals surface area contributed by atoms with Crippen molar-refractivity contribution in [3.63, 3.8) is 0 Å². The molecule has 2 unspecified atom stereocenters. The van der Waals surface area contributed by atoms with Crippen molar-refractivity contribution in [3.8, 4) is 0 Å². The summed E-state index contributed by atoms with van der Waals surface area (Å²) in [7, 11) is -0.844. The molecule has 1 fully saturated rings. The van der Waals surface area contributed by atoms with Gasteiger partial charge >= 0.3 is 10.5 Å². The smallest absolute Gasteiger partial charge is 0.311 e. The van der Waals surface area contributed by atoms with Gasteiger partial charge in [-0.1, -0.05) is 29.8 Å². The number of rotatable bonds is 4. The number of amides is 1. The molecule has 7 nitrogen and oxygen atoms in total. The van der Waals surface area contributed by atoms with Gasteiger partial charge in [0.05, 0.1) is 18.6 Å². The fourth-order valence-corrected chi connectivity index (χ4v) is 3.40. The average molecular weight is 368 g/mol. The molecule has 0 saturated carbocycles. The molecular weight excluding hydrogens is 348 g/mol. The van der Waals surface area contributed by atoms with E-state index in [-0.39, 0.29) is 23.6 Å². The number of hydrogen-bond acceptors (Lipinski definition) is 6. The summed E-state index contributed by atoms with van der Waals surface area (Å²) >= 11 is 4.93. The maximum absolute atomic E-state index is 12.1. The molecule has 0 bridgehead atoms. The van der Waals surface area contributed by atoms with Gasteiger partial charge in [-0.05, 0) is 31.1 Å². The number of nitrogens with one attached hydrogen (secondary N) is 2. The van der Waals surface area contributed by atoms with Crippen LogP contribution in [0.4, 0.5) is 0 Å². The Morgan fingerprint density at radius 3 is 2.62 bits per heavy atom. The molecule has 24 heavy (non-hydrogen) atoms. The van der Waals surface area contributed by atoms with Crippen LogP contribution < -0.4 is 10.6 Å². The van der Waals surface area contributed by atoms with E-state index in [9.17, 15) is 13.2 Å². The van der Waals surface area contributed by atoms with Gasteiger partial charge in [0.2, 0.25) is 5.91 Å². The summed E-state index contributed by atoms with van der Waals surface area (Å²) in [6.45, 7) is 2.69. The van der Waals surface area contributed by atoms with Crippen LogP contribution >= 0.6 is 12.2 Å². The lowest BCUT2D eigenvalue weighted by molar-refractivity contribution is -0.121. The first-order valence-electron chi connectivity index (χ1n) is 7.53. The van der Waals surface area contributed by atoms with Crippen LogP contribution in [-0.2, 0) is 15.3 Å². The molecular formula is C15H20N4O3S2. The number of nitrogens with zero attached hydrogens (tertiary/aromatic N) is 2. The predicted molar refractivity (Wildman–Crippen MR) is 95.0 cm³/mol. The van der Waals surface area contributed by atoms with Crippen LogP contribution in [0.5, 0.6) is 0 Å². The molecule has 1 aromatic rings. The van der Waals surface area contributed by atoms with Crippen molar-refractivity contribution < 1.29 is 13.2 Å². The first-order chi connectivity index (χ1) is 11.4. The van der Waals surface area contributed by atoms with Gasteiger partial charge in [0, 0.05) is 13.6 Å². The van der Waals surface area contributed by atoms with Gasteiger partial charge in [-0.15, -0.1) is 0 Å². The summed E-state index contributed by atoms with van der Waals surface area (Å²) in [6.07, 6.45) is 0.580. The Morgan fingerprint density at radius 1 is 1.38 bits per heavy atom. The average Bonchev–Trinajstić information content (AvgIpc) is 2.89. The summed E-state index contributed by atoms with van der Waals surface area (Å²) in [5.41, 5.74) is 2.06. The van der Waals surface area contributed by atoms with E-state index in [1.54, 1.807) is 7.05 Å². The summed E-state index contributed by atoms with van der Waals surface area (Å²) < 4.78 is 25.8. The number of hydrogen-bond donors (Lipinski definition) is 2. The number of carbonyl (C=O) groups excluding carboxylic acids is 1. The summed E-state index contributed by atoms with van der Waals surface area (Å²) in [5, 5.41) is 5.52. The Kier molecular flexibility index (Phi) is 6.41. The number of likely N-dealkylation sites (tertiary alicyclic amines) is 1. The van der Waals surface area contributed by atoms with Crippen molar-refractivity contribution in [1.82, 2.24) is 15.5 Å². The number of benzene rings is 1. The summed E-state index contributed by atoms with van der Waals surface area (Å²) in [6, 6.07) is 7.18. The zero-order valence-corrected chi connectivity index (χ0v) is 15.2. The second kappa shape index (κ2) is 8.32. The highest BCUT2D eigenvalue weighted by Crippen LogP contribution is 2.34. The third kappa shape index (κ3) is 4.83. The fraction of sp³-hybridized carbons (Fsp3) is 0.467. The number of thiocarbonyl (C=S) groups is 1. The van der Waals surface area contributed by atoms with Crippen LogP contribution in [0.25, 0.3) is 0 Å². The minimum atomic E-state index is -2.48. The van der Waals surface area contributed by atoms with Gasteiger partial charge < -0.3 is 10.6 Å². The van der Waals surface area contributed by atoms with Crippen LogP contribution in [0.3, 0.4) is 0 Å². The minimum absolute atomic E-state index is 0.123. The maximum atomic E-state index is 12.1. The molecule has 1 aromatic carbocycles. The molecule has 1 amide bonds. The Hall–Kier alpha value is -1.84. The monoisotopic (exact) mass is 368 g/mol. The predicted octanol–water partition coefficient (Wildman–Crippen LogP) is 0.794. The maximum Gasteiger partial charge on any atom is 0.311 e. The van der Waals surface area contributed by atoms with Crippen molar-refractivity contribution >= 4 is 33.7 Å². The lowest BCUT2D eigenvalue weighted by Crippen LogP contribution is -2.43. The molecule has 1 saturated heterocycles. The first kappa shape index (κ1) is 18.5. The molecule has 2 atom stereocenters. The van der Waals surface area contributed by atoms with Crippen molar-refractivity contribution in [2.24, 2.45) is 4.36 Å². The molecule has 2 N–H and O–H groups in total. The van der Waals surface area contributed by atoms with E-state index in [0.29, 0.717) is 13.0 Å². The first-order valence-corrected chi connectivity index (χ1v) is 8.97. The standard InChI is InChI=1S/C15H20N4O3S2/c1-10-3-5-11(6-4-10)14-12(18-24(21)22)7-8-19(14)9-13(20)17-15(23)16-2/h3-6,12,14H,7-9H2,1-2H3,(H2,16,17,20,23). The Morgan fingerprint density at radius 2 is 2.04 bits per heavy atom. The SMILES string of the molecule is CNC(=S)NC(=O)CN1CCC(N=S(=O)=O)C1c1ccc(C)cc1. The van der Waals surface area contributed by atoms with Gasteiger partial charge in [-0.3, -0.25) is 9.69 Å². The van der Waals surface area contributed by atoms with Gasteiger partial charge in [-0.2, -0.15) is 12.8 Å². The van der Waals surface area contributed by atoms with Gasteiger partial charge in [-0.25, -0.2) is 0 Å². The third-order valence-corrected chi connectivity index (χ3v) is 4.69. The molecule has 0 radical (unpaired) electrons. The van der Waals surface area contributed by atoms with Gasteiger partial charge in [0.1, 0.15) is 0 Å². The molecule has 9 heteroatoms. The van der Waals surface area contributed by atoms with E-state index in [1.165, 1.54) is 0 Å². The highest BCUT2D eigenvalue weighted by atomic mass is 32.2. The van der Waals surface area contributed by atoms with Crippen LogP contribution in [0.2, 0.25) is 0 Å². The Bertz CT molecular complexity index is 738. The van der Waals surface area contributed by atoms with E-state index < -0.39 is 16.5 Å². The summed E-state index contributed by atoms with van der Waals surface area (Å²) in [5.74, 6) is -0.240. The second-order valence-corrected chi connectivity index (χ2v) is 6.69. The highest BCUT2D eigenvalue weighted by molar-refractivity contribution is 7.80. The molecule has 2 rings (SSSR count). The lowest BCUT2D eigenvalue weighted by atomic mass is 10.00. The van der Waals surface area contributed by atoms with Crippen molar-refractivity contribution in [3.05, 3.63) is 35.4 Å². The zero-order valence-electron chi connectivity index (χ0n) is 13.5. The zero-order chi connectivity index (χ0) is 17.7. The van der Waals surface area contributed by atoms with Crippen LogP contribution in [-0.4, -0.2) is 50.5 Å². The lowest BCUT2D eigenvalue weighted by Gasteiger charge is -2.26. The molecule has 0 aliphatic carbocycles. The van der Waals surface area contributed by atoms with Crippen LogP contribution in [0.1, 0.15) is 23.6 Å². The van der Waals surface area contributed by atoms with Crippen molar-refractivity contribution in [1.29, 1.82) is 0 Å². The normalized spacial score (nSPS) is 20.4. The Balaban J connectivity index is 2.22.